The molecule has 0 radical (unpaired) electrons. The lowest BCUT2D eigenvalue weighted by atomic mass is 10.3. The Bertz CT molecular complexity index is 352. The normalized spacial score (nSPS) is 13.6. The Kier molecular flexibility index (Phi) is 3.82. The number of halogens is 4. The summed E-state index contributed by atoms with van der Waals surface area (Å²) in [7, 11) is 0. The van der Waals surface area contributed by atoms with Crippen molar-refractivity contribution in [1.29, 1.82) is 0 Å². The average Bonchev–Trinajstić information content (AvgIpc) is 2.11. The molecule has 8 heteroatoms. The molecule has 0 aliphatic rings. The summed E-state index contributed by atoms with van der Waals surface area (Å²) in [5.74, 6) is 0.0771. The van der Waals surface area contributed by atoms with Crippen LogP contribution in [0, 0.1) is 0 Å². The molecule has 16 heavy (non-hydrogen) atoms. The zero-order valence-corrected chi connectivity index (χ0v) is 8.68. The van der Waals surface area contributed by atoms with Crippen LogP contribution >= 0.6 is 11.6 Å². The second kappa shape index (κ2) is 4.75. The molecule has 1 unspecified atom stereocenters. The van der Waals surface area contributed by atoms with Crippen LogP contribution in [0.25, 0.3) is 0 Å². The highest BCUT2D eigenvalue weighted by atomic mass is 35.5. The molecule has 1 aromatic heterocycles. The van der Waals surface area contributed by atoms with Crippen molar-refractivity contribution in [3.63, 3.8) is 0 Å². The predicted molar refractivity (Wildman–Crippen MR) is 54.2 cm³/mol. The first-order valence-corrected chi connectivity index (χ1v) is 4.58. The zero-order valence-electron chi connectivity index (χ0n) is 7.92. The monoisotopic (exact) mass is 255 g/mol. The number of nitrogen functional groups attached to an aromatic ring is 1. The number of aliphatic hydroxyl groups is 1. The van der Waals surface area contributed by atoms with Gasteiger partial charge in [-0.1, -0.05) is 11.6 Å². The van der Waals surface area contributed by atoms with Crippen molar-refractivity contribution in [2.24, 2.45) is 0 Å². The topological polar surface area (TPSA) is 71.2 Å². The van der Waals surface area contributed by atoms with E-state index < -0.39 is 18.8 Å². The molecule has 90 valence electrons. The van der Waals surface area contributed by atoms with Crippen molar-refractivity contribution >= 4 is 23.1 Å². The van der Waals surface area contributed by atoms with Crippen molar-refractivity contribution in [3.05, 3.63) is 17.3 Å². The van der Waals surface area contributed by atoms with Gasteiger partial charge in [0.1, 0.15) is 11.0 Å². The molecule has 1 aromatic rings. The Morgan fingerprint density at radius 1 is 1.50 bits per heavy atom. The van der Waals surface area contributed by atoms with E-state index in [0.29, 0.717) is 0 Å². The third-order valence-corrected chi connectivity index (χ3v) is 1.86. The maximum atomic E-state index is 11.9. The van der Waals surface area contributed by atoms with E-state index in [4.69, 9.17) is 22.4 Å². The summed E-state index contributed by atoms with van der Waals surface area (Å²) in [5, 5.41) is 11.1. The van der Waals surface area contributed by atoms with Crippen LogP contribution in [0.2, 0.25) is 5.15 Å². The van der Waals surface area contributed by atoms with Gasteiger partial charge in [0.2, 0.25) is 0 Å². The average molecular weight is 256 g/mol. The zero-order chi connectivity index (χ0) is 12.3. The van der Waals surface area contributed by atoms with Crippen molar-refractivity contribution in [1.82, 2.24) is 4.98 Å². The number of aromatic nitrogens is 1. The molecule has 0 spiro atoms. The van der Waals surface area contributed by atoms with Gasteiger partial charge in [0.25, 0.3) is 0 Å². The quantitative estimate of drug-likeness (QED) is 0.718. The van der Waals surface area contributed by atoms with Gasteiger partial charge in [0.15, 0.2) is 6.10 Å². The van der Waals surface area contributed by atoms with E-state index in [1.54, 1.807) is 0 Å². The van der Waals surface area contributed by atoms with E-state index in [-0.39, 0.29) is 16.7 Å². The van der Waals surface area contributed by atoms with Crippen LogP contribution in [0.15, 0.2) is 12.1 Å². The largest absolute Gasteiger partial charge is 0.416 e. The standard InChI is InChI=1S/C8H9ClF3N3O/c9-6-1-4(13)2-7(15-6)14-3-5(16)8(10,11)12/h1-2,5,16H,3H2,(H3,13,14,15). The molecule has 1 heterocycles. The number of pyridine rings is 1. The lowest BCUT2D eigenvalue weighted by Crippen LogP contribution is -2.35. The lowest BCUT2D eigenvalue weighted by Gasteiger charge is -2.15. The van der Waals surface area contributed by atoms with Crippen LogP contribution in [-0.2, 0) is 0 Å². The van der Waals surface area contributed by atoms with E-state index >= 15 is 0 Å². The molecule has 0 amide bonds. The predicted octanol–water partition coefficient (Wildman–Crippen LogP) is 1.65. The maximum Gasteiger partial charge on any atom is 0.416 e. The Morgan fingerprint density at radius 3 is 2.62 bits per heavy atom. The van der Waals surface area contributed by atoms with Crippen LogP contribution in [-0.4, -0.2) is 28.9 Å². The SMILES string of the molecule is Nc1cc(Cl)nc(NCC(O)C(F)(F)F)c1. The molecule has 0 saturated carbocycles. The van der Waals surface area contributed by atoms with E-state index in [0.717, 1.165) is 0 Å². The number of nitrogens with zero attached hydrogens (tertiary/aromatic N) is 1. The molecular weight excluding hydrogens is 247 g/mol. The number of rotatable bonds is 3. The number of nitrogens with two attached hydrogens (primary N) is 1. The van der Waals surface area contributed by atoms with Gasteiger partial charge in [-0.05, 0) is 6.07 Å². The second-order valence-electron chi connectivity index (χ2n) is 3.05. The Hall–Kier alpha value is -1.21. The van der Waals surface area contributed by atoms with Crippen LogP contribution in [0.4, 0.5) is 24.7 Å². The Labute approximate surface area is 94.2 Å². The molecule has 4 nitrogen and oxygen atoms in total. The fourth-order valence-corrected chi connectivity index (χ4v) is 1.14. The Balaban J connectivity index is 2.61. The summed E-state index contributed by atoms with van der Waals surface area (Å²) >= 11 is 5.54. The third-order valence-electron chi connectivity index (χ3n) is 1.67. The smallest absolute Gasteiger partial charge is 0.399 e. The van der Waals surface area contributed by atoms with Gasteiger partial charge in [0.05, 0.1) is 6.54 Å². The van der Waals surface area contributed by atoms with Crippen molar-refractivity contribution < 1.29 is 18.3 Å². The molecule has 0 fully saturated rings. The van der Waals surface area contributed by atoms with Crippen LogP contribution < -0.4 is 11.1 Å². The van der Waals surface area contributed by atoms with Gasteiger partial charge in [0, 0.05) is 11.8 Å². The minimum absolute atomic E-state index is 0.0593. The van der Waals surface area contributed by atoms with E-state index in [9.17, 15) is 13.2 Å². The van der Waals surface area contributed by atoms with E-state index in [1.807, 2.05) is 0 Å². The first-order valence-electron chi connectivity index (χ1n) is 4.21. The molecule has 0 aliphatic carbocycles. The Morgan fingerprint density at radius 2 is 2.12 bits per heavy atom. The van der Waals surface area contributed by atoms with Gasteiger partial charge in [-0.15, -0.1) is 0 Å². The minimum Gasteiger partial charge on any atom is -0.399 e. The fraction of sp³-hybridized carbons (Fsp3) is 0.375. The first-order chi connectivity index (χ1) is 7.29. The third kappa shape index (κ3) is 3.74. The number of alkyl halides is 3. The van der Waals surface area contributed by atoms with Crippen LogP contribution in [0.3, 0.4) is 0 Å². The van der Waals surface area contributed by atoms with Gasteiger partial charge in [-0.3, -0.25) is 0 Å². The molecule has 0 bridgehead atoms. The molecule has 1 atom stereocenters. The summed E-state index contributed by atoms with van der Waals surface area (Å²) in [4.78, 5) is 3.68. The number of nitrogens with one attached hydrogen (secondary N) is 1. The van der Waals surface area contributed by atoms with Crippen LogP contribution in [0.5, 0.6) is 0 Å². The molecule has 0 saturated heterocycles. The highest BCUT2D eigenvalue weighted by Gasteiger charge is 2.37. The molecule has 0 aliphatic heterocycles. The fourth-order valence-electron chi connectivity index (χ4n) is 0.924. The van der Waals surface area contributed by atoms with Crippen molar-refractivity contribution in [3.8, 4) is 0 Å². The summed E-state index contributed by atoms with van der Waals surface area (Å²) in [6, 6.07) is 2.67. The molecular formula is C8H9ClF3N3O. The van der Waals surface area contributed by atoms with Gasteiger partial charge in [-0.2, -0.15) is 13.2 Å². The minimum atomic E-state index is -4.67. The first kappa shape index (κ1) is 12.9. The number of hydrogen-bond donors (Lipinski definition) is 3. The highest BCUT2D eigenvalue weighted by Crippen LogP contribution is 2.21. The number of hydrogen-bond acceptors (Lipinski definition) is 4. The molecule has 0 aromatic carbocycles. The number of anilines is 2. The summed E-state index contributed by atoms with van der Waals surface area (Å²) in [6.45, 7) is -0.712. The second-order valence-corrected chi connectivity index (χ2v) is 3.43. The molecule has 4 N–H and O–H groups in total. The van der Waals surface area contributed by atoms with Gasteiger partial charge >= 0.3 is 6.18 Å². The van der Waals surface area contributed by atoms with E-state index in [2.05, 4.69) is 10.3 Å². The van der Waals surface area contributed by atoms with Crippen molar-refractivity contribution in [2.45, 2.75) is 12.3 Å². The van der Waals surface area contributed by atoms with Crippen molar-refractivity contribution in [2.75, 3.05) is 17.6 Å². The molecule has 1 rings (SSSR count). The lowest BCUT2D eigenvalue weighted by molar-refractivity contribution is -0.198. The van der Waals surface area contributed by atoms with E-state index in [1.165, 1.54) is 12.1 Å². The van der Waals surface area contributed by atoms with Crippen LogP contribution in [0.1, 0.15) is 0 Å². The summed E-state index contributed by atoms with van der Waals surface area (Å²) in [5.41, 5.74) is 5.67. The van der Waals surface area contributed by atoms with Gasteiger partial charge in [-0.25, -0.2) is 4.98 Å². The van der Waals surface area contributed by atoms with Gasteiger partial charge < -0.3 is 16.2 Å². The summed E-state index contributed by atoms with van der Waals surface area (Å²) in [6.07, 6.45) is -7.13. The highest BCUT2D eigenvalue weighted by molar-refractivity contribution is 6.29. The maximum absolute atomic E-state index is 11.9. The number of aliphatic hydroxyl groups excluding tert-OH is 1. The summed E-state index contributed by atoms with van der Waals surface area (Å²) < 4.78 is 35.8.